The zero-order valence-electron chi connectivity index (χ0n) is 8.78. The number of carbonyl (C=O) groups excluding carboxylic acids is 1. The van der Waals surface area contributed by atoms with Crippen molar-refractivity contribution in [3.8, 4) is 0 Å². The molecule has 0 aliphatic rings. The summed E-state index contributed by atoms with van der Waals surface area (Å²) in [5.41, 5.74) is 5.71. The average Bonchev–Trinajstić information content (AvgIpc) is 2.49. The minimum absolute atomic E-state index is 0.0842. The van der Waals surface area contributed by atoms with Crippen LogP contribution >= 0.6 is 0 Å². The van der Waals surface area contributed by atoms with Gasteiger partial charge in [-0.25, -0.2) is 0 Å². The maximum atomic E-state index is 11.4. The standard InChI is InChI=1S/C10H16N2O2/c1-7-4-5-8(14-7)6-9(11)10(13)12(2)3/h4-5,9H,6,11H2,1-3H3. The topological polar surface area (TPSA) is 59.5 Å². The number of rotatable bonds is 3. The third kappa shape index (κ3) is 2.60. The van der Waals surface area contributed by atoms with Gasteiger partial charge in [0.2, 0.25) is 5.91 Å². The monoisotopic (exact) mass is 196 g/mol. The Balaban J connectivity index is 2.57. The lowest BCUT2D eigenvalue weighted by Crippen LogP contribution is -2.41. The van der Waals surface area contributed by atoms with Gasteiger partial charge in [-0.05, 0) is 19.1 Å². The molecule has 0 fully saturated rings. The number of hydrogen-bond acceptors (Lipinski definition) is 3. The highest BCUT2D eigenvalue weighted by molar-refractivity contribution is 5.81. The molecule has 0 aliphatic heterocycles. The number of nitrogens with two attached hydrogens (primary N) is 1. The second kappa shape index (κ2) is 4.28. The summed E-state index contributed by atoms with van der Waals surface area (Å²) in [4.78, 5) is 12.9. The second-order valence-corrected chi connectivity index (χ2v) is 3.56. The third-order valence-electron chi connectivity index (χ3n) is 1.98. The number of aryl methyl sites for hydroxylation is 1. The Morgan fingerprint density at radius 1 is 1.57 bits per heavy atom. The zero-order valence-corrected chi connectivity index (χ0v) is 8.78. The molecule has 14 heavy (non-hydrogen) atoms. The summed E-state index contributed by atoms with van der Waals surface area (Å²) < 4.78 is 5.33. The van der Waals surface area contributed by atoms with Gasteiger partial charge in [0.1, 0.15) is 11.5 Å². The average molecular weight is 196 g/mol. The molecule has 0 saturated heterocycles. The molecule has 1 unspecified atom stereocenters. The van der Waals surface area contributed by atoms with Crippen LogP contribution in [0.3, 0.4) is 0 Å². The van der Waals surface area contributed by atoms with Crippen molar-refractivity contribution in [1.82, 2.24) is 4.90 Å². The van der Waals surface area contributed by atoms with Crippen LogP contribution in [0.5, 0.6) is 0 Å². The molecule has 0 aromatic carbocycles. The van der Waals surface area contributed by atoms with Crippen molar-refractivity contribution in [2.24, 2.45) is 5.73 Å². The summed E-state index contributed by atoms with van der Waals surface area (Å²) in [5, 5.41) is 0. The maximum absolute atomic E-state index is 11.4. The molecule has 78 valence electrons. The van der Waals surface area contributed by atoms with Gasteiger partial charge in [0.05, 0.1) is 6.04 Å². The lowest BCUT2D eigenvalue weighted by molar-refractivity contribution is -0.130. The van der Waals surface area contributed by atoms with Crippen LogP contribution in [0.4, 0.5) is 0 Å². The lowest BCUT2D eigenvalue weighted by atomic mass is 10.1. The van der Waals surface area contributed by atoms with Gasteiger partial charge in [0.15, 0.2) is 0 Å². The van der Waals surface area contributed by atoms with E-state index in [0.29, 0.717) is 6.42 Å². The van der Waals surface area contributed by atoms with Gasteiger partial charge in [-0.1, -0.05) is 0 Å². The minimum atomic E-state index is -0.518. The van der Waals surface area contributed by atoms with Crippen molar-refractivity contribution >= 4 is 5.91 Å². The molecule has 1 rings (SSSR count). The Hall–Kier alpha value is -1.29. The first-order chi connectivity index (χ1) is 6.50. The van der Waals surface area contributed by atoms with E-state index in [0.717, 1.165) is 11.5 Å². The van der Waals surface area contributed by atoms with E-state index in [2.05, 4.69) is 0 Å². The number of hydrogen-bond donors (Lipinski definition) is 1. The van der Waals surface area contributed by atoms with Crippen LogP contribution in [0, 0.1) is 6.92 Å². The zero-order chi connectivity index (χ0) is 10.7. The first-order valence-corrected chi connectivity index (χ1v) is 4.52. The summed E-state index contributed by atoms with van der Waals surface area (Å²) in [6.45, 7) is 1.86. The Morgan fingerprint density at radius 2 is 2.21 bits per heavy atom. The highest BCUT2D eigenvalue weighted by Crippen LogP contribution is 2.08. The molecule has 1 aromatic heterocycles. The van der Waals surface area contributed by atoms with E-state index in [1.807, 2.05) is 19.1 Å². The van der Waals surface area contributed by atoms with Crippen LogP contribution in [0.2, 0.25) is 0 Å². The minimum Gasteiger partial charge on any atom is -0.466 e. The molecule has 0 radical (unpaired) electrons. The SMILES string of the molecule is Cc1ccc(CC(N)C(=O)N(C)C)o1. The van der Waals surface area contributed by atoms with E-state index in [1.54, 1.807) is 14.1 Å². The Bertz CT molecular complexity index is 318. The Morgan fingerprint density at radius 3 is 2.64 bits per heavy atom. The Labute approximate surface area is 83.7 Å². The molecule has 1 atom stereocenters. The van der Waals surface area contributed by atoms with Gasteiger partial charge in [0, 0.05) is 20.5 Å². The molecule has 0 aliphatic carbocycles. The van der Waals surface area contributed by atoms with Gasteiger partial charge < -0.3 is 15.1 Å². The highest BCUT2D eigenvalue weighted by atomic mass is 16.3. The fourth-order valence-corrected chi connectivity index (χ4v) is 1.23. The van der Waals surface area contributed by atoms with Gasteiger partial charge >= 0.3 is 0 Å². The number of carbonyl (C=O) groups is 1. The van der Waals surface area contributed by atoms with Crippen LogP contribution in [-0.4, -0.2) is 30.9 Å². The number of furan rings is 1. The van der Waals surface area contributed by atoms with E-state index < -0.39 is 6.04 Å². The number of likely N-dealkylation sites (N-methyl/N-ethyl adjacent to an activating group) is 1. The molecule has 1 aromatic rings. The second-order valence-electron chi connectivity index (χ2n) is 3.56. The van der Waals surface area contributed by atoms with Crippen LogP contribution < -0.4 is 5.73 Å². The Kier molecular flexibility index (Phi) is 3.30. The summed E-state index contributed by atoms with van der Waals surface area (Å²) >= 11 is 0. The van der Waals surface area contributed by atoms with E-state index in [-0.39, 0.29) is 5.91 Å². The van der Waals surface area contributed by atoms with Crippen LogP contribution in [0.25, 0.3) is 0 Å². The van der Waals surface area contributed by atoms with Crippen LogP contribution in [0.1, 0.15) is 11.5 Å². The fourth-order valence-electron chi connectivity index (χ4n) is 1.23. The van der Waals surface area contributed by atoms with E-state index in [1.165, 1.54) is 4.90 Å². The largest absolute Gasteiger partial charge is 0.466 e. The number of amides is 1. The van der Waals surface area contributed by atoms with Crippen molar-refractivity contribution in [3.05, 3.63) is 23.7 Å². The molecule has 1 amide bonds. The van der Waals surface area contributed by atoms with E-state index in [4.69, 9.17) is 10.2 Å². The predicted octanol–water partition coefficient (Wildman–Crippen LogP) is 0.546. The molecule has 2 N–H and O–H groups in total. The van der Waals surface area contributed by atoms with E-state index in [9.17, 15) is 4.79 Å². The fraction of sp³-hybridized carbons (Fsp3) is 0.500. The molecule has 4 nitrogen and oxygen atoms in total. The molecule has 0 bridgehead atoms. The molecular weight excluding hydrogens is 180 g/mol. The lowest BCUT2D eigenvalue weighted by Gasteiger charge is -2.15. The van der Waals surface area contributed by atoms with Gasteiger partial charge in [-0.2, -0.15) is 0 Å². The van der Waals surface area contributed by atoms with Crippen LogP contribution in [0.15, 0.2) is 16.5 Å². The molecule has 0 saturated carbocycles. The van der Waals surface area contributed by atoms with Crippen molar-refractivity contribution < 1.29 is 9.21 Å². The summed E-state index contributed by atoms with van der Waals surface area (Å²) in [7, 11) is 3.38. The van der Waals surface area contributed by atoms with Gasteiger partial charge in [-0.3, -0.25) is 4.79 Å². The smallest absolute Gasteiger partial charge is 0.239 e. The van der Waals surface area contributed by atoms with Gasteiger partial charge in [0.25, 0.3) is 0 Å². The number of nitrogens with zero attached hydrogens (tertiary/aromatic N) is 1. The van der Waals surface area contributed by atoms with E-state index >= 15 is 0 Å². The van der Waals surface area contributed by atoms with Crippen LogP contribution in [-0.2, 0) is 11.2 Å². The first kappa shape index (κ1) is 10.8. The quantitative estimate of drug-likeness (QED) is 0.767. The van der Waals surface area contributed by atoms with Crippen molar-refractivity contribution in [2.45, 2.75) is 19.4 Å². The molecular formula is C10H16N2O2. The summed E-state index contributed by atoms with van der Waals surface area (Å²) in [6.07, 6.45) is 0.449. The third-order valence-corrected chi connectivity index (χ3v) is 1.98. The molecule has 1 heterocycles. The molecule has 0 spiro atoms. The van der Waals surface area contributed by atoms with Crippen molar-refractivity contribution in [2.75, 3.05) is 14.1 Å². The molecule has 4 heteroatoms. The predicted molar refractivity (Wildman–Crippen MR) is 53.8 cm³/mol. The summed E-state index contributed by atoms with van der Waals surface area (Å²) in [6, 6.07) is 3.19. The van der Waals surface area contributed by atoms with Gasteiger partial charge in [-0.15, -0.1) is 0 Å². The van der Waals surface area contributed by atoms with Crippen molar-refractivity contribution in [3.63, 3.8) is 0 Å². The normalized spacial score (nSPS) is 12.6. The summed E-state index contributed by atoms with van der Waals surface area (Å²) in [5.74, 6) is 1.51. The highest BCUT2D eigenvalue weighted by Gasteiger charge is 2.17. The maximum Gasteiger partial charge on any atom is 0.239 e. The first-order valence-electron chi connectivity index (χ1n) is 4.52. The van der Waals surface area contributed by atoms with Crippen molar-refractivity contribution in [1.29, 1.82) is 0 Å².